The Morgan fingerprint density at radius 3 is 1.69 bits per heavy atom. The lowest BCUT2D eigenvalue weighted by molar-refractivity contribution is -0.354. The Labute approximate surface area is 196 Å². The van der Waals surface area contributed by atoms with Crippen LogP contribution in [0.25, 0.3) is 0 Å². The molecule has 1 rings (SSSR count). The maximum atomic E-state index is 13.7. The van der Waals surface area contributed by atoms with Crippen LogP contribution < -0.4 is 4.74 Å². The molecule has 0 aliphatic carbocycles. The van der Waals surface area contributed by atoms with Crippen LogP contribution in [-0.4, -0.2) is 42.6 Å². The van der Waals surface area contributed by atoms with E-state index in [0.717, 1.165) is 0 Å². The van der Waals surface area contributed by atoms with Gasteiger partial charge in [-0.2, -0.15) is 39.5 Å². The number of esters is 2. The first-order valence-electron chi connectivity index (χ1n) is 9.57. The lowest BCUT2D eigenvalue weighted by atomic mass is 10.2. The standard InChI is InChI=1S/C18H13F11O5.C2H6/c1-9(16(21,22)23)12(30)34-15(18(27,28)29,32-8-7-14(2,19)20)13(31)33-11-5-3-10(4-6-11)17(24,25)26;1-2/h3-6H,1,7-8H2,2H3;1-2H3. The summed E-state index contributed by atoms with van der Waals surface area (Å²) in [7, 11) is 0. The summed E-state index contributed by atoms with van der Waals surface area (Å²) in [4.78, 5) is 23.9. The average Bonchev–Trinajstić information content (AvgIpc) is 2.71. The van der Waals surface area contributed by atoms with Crippen LogP contribution in [0.3, 0.4) is 0 Å². The highest BCUT2D eigenvalue weighted by Gasteiger charge is 2.68. The second-order valence-electron chi connectivity index (χ2n) is 6.56. The first kappa shape index (κ1) is 33.1. The van der Waals surface area contributed by atoms with Gasteiger partial charge in [-0.3, -0.25) is 0 Å². The van der Waals surface area contributed by atoms with E-state index in [1.807, 2.05) is 13.8 Å². The van der Waals surface area contributed by atoms with Gasteiger partial charge < -0.3 is 14.2 Å². The lowest BCUT2D eigenvalue weighted by Gasteiger charge is -2.32. The van der Waals surface area contributed by atoms with Crippen molar-refractivity contribution in [3.8, 4) is 5.75 Å². The number of alkyl halides is 11. The molecule has 0 N–H and O–H groups in total. The van der Waals surface area contributed by atoms with Crippen molar-refractivity contribution in [3.05, 3.63) is 42.0 Å². The minimum Gasteiger partial charge on any atom is -0.421 e. The largest absolute Gasteiger partial charge is 0.468 e. The summed E-state index contributed by atoms with van der Waals surface area (Å²) in [6.07, 6.45) is -18.2. The van der Waals surface area contributed by atoms with E-state index < -0.39 is 72.1 Å². The van der Waals surface area contributed by atoms with E-state index in [1.165, 1.54) is 0 Å². The second-order valence-corrected chi connectivity index (χ2v) is 6.56. The Morgan fingerprint density at radius 1 is 0.861 bits per heavy atom. The molecule has 0 amide bonds. The molecule has 36 heavy (non-hydrogen) atoms. The molecule has 0 aliphatic rings. The normalized spacial score (nSPS) is 14.2. The summed E-state index contributed by atoms with van der Waals surface area (Å²) < 4.78 is 155. The van der Waals surface area contributed by atoms with Crippen molar-refractivity contribution in [3.63, 3.8) is 0 Å². The van der Waals surface area contributed by atoms with E-state index in [1.54, 1.807) is 0 Å². The van der Waals surface area contributed by atoms with Gasteiger partial charge in [0.2, 0.25) is 5.92 Å². The molecule has 0 saturated heterocycles. The van der Waals surface area contributed by atoms with E-state index in [9.17, 15) is 57.9 Å². The fourth-order valence-electron chi connectivity index (χ4n) is 1.95. The van der Waals surface area contributed by atoms with Crippen LogP contribution in [0.4, 0.5) is 48.3 Å². The van der Waals surface area contributed by atoms with Gasteiger partial charge in [-0.1, -0.05) is 20.4 Å². The maximum absolute atomic E-state index is 13.7. The predicted octanol–water partition coefficient (Wildman–Crippen LogP) is 6.62. The van der Waals surface area contributed by atoms with Crippen LogP contribution in [0, 0.1) is 0 Å². The summed E-state index contributed by atoms with van der Waals surface area (Å²) in [5.41, 5.74) is -3.84. The van der Waals surface area contributed by atoms with Crippen molar-refractivity contribution in [1.29, 1.82) is 0 Å². The van der Waals surface area contributed by atoms with Crippen LogP contribution in [0.15, 0.2) is 36.4 Å². The van der Waals surface area contributed by atoms with Crippen molar-refractivity contribution in [2.45, 2.75) is 57.4 Å². The lowest BCUT2D eigenvalue weighted by Crippen LogP contribution is -2.59. The van der Waals surface area contributed by atoms with Crippen LogP contribution in [-0.2, 0) is 25.2 Å². The zero-order chi connectivity index (χ0) is 28.8. The number of carbonyl (C=O) groups excluding carboxylic acids is 2. The molecule has 0 fully saturated rings. The molecule has 0 heterocycles. The molecule has 0 saturated carbocycles. The summed E-state index contributed by atoms with van der Waals surface area (Å²) in [6.45, 7) is 4.73. The molecule has 1 aromatic rings. The number of rotatable bonds is 8. The number of benzene rings is 1. The molecule has 5 nitrogen and oxygen atoms in total. The summed E-state index contributed by atoms with van der Waals surface area (Å²) in [5, 5.41) is 0. The number of ether oxygens (including phenoxy) is 3. The highest BCUT2D eigenvalue weighted by atomic mass is 19.4. The van der Waals surface area contributed by atoms with Crippen LogP contribution in [0.5, 0.6) is 5.75 Å². The van der Waals surface area contributed by atoms with E-state index in [0.29, 0.717) is 12.1 Å². The minimum absolute atomic E-state index is 0.226. The Hall–Kier alpha value is -2.91. The number of carbonyl (C=O) groups is 2. The molecule has 1 aromatic carbocycles. The highest BCUT2D eigenvalue weighted by Crippen LogP contribution is 2.39. The Kier molecular flexibility index (Phi) is 10.9. The number of hydrogen-bond donors (Lipinski definition) is 0. The molecule has 0 aliphatic heterocycles. The fraction of sp³-hybridized carbons (Fsp3) is 0.500. The van der Waals surface area contributed by atoms with Gasteiger partial charge in [0.1, 0.15) is 11.3 Å². The van der Waals surface area contributed by atoms with Gasteiger partial charge in [0.15, 0.2) is 0 Å². The van der Waals surface area contributed by atoms with Crippen molar-refractivity contribution in [1.82, 2.24) is 0 Å². The third-order valence-electron chi connectivity index (χ3n) is 3.71. The molecule has 0 radical (unpaired) electrons. The molecule has 0 aromatic heterocycles. The number of hydrogen-bond acceptors (Lipinski definition) is 5. The van der Waals surface area contributed by atoms with Gasteiger partial charge in [0, 0.05) is 6.42 Å². The molecular weight excluding hydrogens is 529 g/mol. The topological polar surface area (TPSA) is 61.8 Å². The molecule has 1 unspecified atom stereocenters. The van der Waals surface area contributed by atoms with Gasteiger partial charge in [0.05, 0.1) is 12.2 Å². The monoisotopic (exact) mass is 548 g/mol. The van der Waals surface area contributed by atoms with Crippen molar-refractivity contribution >= 4 is 11.9 Å². The first-order valence-corrected chi connectivity index (χ1v) is 9.57. The Morgan fingerprint density at radius 2 is 1.33 bits per heavy atom. The van der Waals surface area contributed by atoms with Gasteiger partial charge >= 0.3 is 36.3 Å². The average molecular weight is 548 g/mol. The smallest absolute Gasteiger partial charge is 0.421 e. The Balaban J connectivity index is 0.00000596. The summed E-state index contributed by atoms with van der Waals surface area (Å²) in [6, 6.07) is 1.26. The van der Waals surface area contributed by atoms with E-state index in [2.05, 4.69) is 20.8 Å². The van der Waals surface area contributed by atoms with Gasteiger partial charge in [-0.25, -0.2) is 18.4 Å². The second kappa shape index (κ2) is 11.9. The SMILES string of the molecule is C=C(C(=O)OC(OCCC(C)(F)F)(C(=O)Oc1ccc(C(F)(F)F)cc1)C(F)(F)F)C(F)(F)F.CC. The van der Waals surface area contributed by atoms with Crippen LogP contribution in [0.2, 0.25) is 0 Å². The zero-order valence-corrected chi connectivity index (χ0v) is 18.6. The summed E-state index contributed by atoms with van der Waals surface area (Å²) in [5.74, 6) is -15.4. The van der Waals surface area contributed by atoms with E-state index in [-0.39, 0.29) is 19.1 Å². The van der Waals surface area contributed by atoms with Crippen LogP contribution >= 0.6 is 0 Å². The number of halogens is 11. The molecule has 0 spiro atoms. The third-order valence-corrected chi connectivity index (χ3v) is 3.71. The van der Waals surface area contributed by atoms with Crippen LogP contribution in [0.1, 0.15) is 32.8 Å². The van der Waals surface area contributed by atoms with Crippen molar-refractivity contribution < 1.29 is 72.1 Å². The third kappa shape index (κ3) is 9.28. The quantitative estimate of drug-likeness (QED) is 0.120. The zero-order valence-electron chi connectivity index (χ0n) is 18.6. The van der Waals surface area contributed by atoms with Crippen molar-refractivity contribution in [2.24, 2.45) is 0 Å². The molecule has 16 heteroatoms. The highest BCUT2D eigenvalue weighted by molar-refractivity contribution is 5.92. The van der Waals surface area contributed by atoms with E-state index >= 15 is 0 Å². The molecule has 0 bridgehead atoms. The molecule has 206 valence electrons. The fourth-order valence-corrected chi connectivity index (χ4v) is 1.95. The van der Waals surface area contributed by atoms with Gasteiger partial charge in [-0.05, 0) is 31.2 Å². The Bertz CT molecular complexity index is 897. The molecule has 1 atom stereocenters. The van der Waals surface area contributed by atoms with Crippen molar-refractivity contribution in [2.75, 3.05) is 6.61 Å². The predicted molar refractivity (Wildman–Crippen MR) is 99.7 cm³/mol. The van der Waals surface area contributed by atoms with E-state index in [4.69, 9.17) is 0 Å². The molecular formula is C20H19F11O5. The van der Waals surface area contributed by atoms with Gasteiger partial charge in [0.25, 0.3) is 0 Å². The first-order chi connectivity index (χ1) is 16.1. The maximum Gasteiger partial charge on any atom is 0.468 e. The minimum atomic E-state index is -6.21. The van der Waals surface area contributed by atoms with Gasteiger partial charge in [-0.15, -0.1) is 0 Å². The summed E-state index contributed by atoms with van der Waals surface area (Å²) >= 11 is 0.